The van der Waals surface area contributed by atoms with E-state index in [4.69, 9.17) is 4.74 Å². The lowest BCUT2D eigenvalue weighted by Gasteiger charge is -2.04. The third kappa shape index (κ3) is 4.35. The number of amides is 1. The molecule has 0 radical (unpaired) electrons. The Labute approximate surface area is 160 Å². The van der Waals surface area contributed by atoms with Gasteiger partial charge >= 0.3 is 0 Å². The smallest absolute Gasteiger partial charge is 0.277 e. The van der Waals surface area contributed by atoms with Crippen molar-refractivity contribution in [1.29, 1.82) is 0 Å². The van der Waals surface area contributed by atoms with E-state index in [1.54, 1.807) is 6.21 Å². The number of carbonyl (C=O) groups is 1. The van der Waals surface area contributed by atoms with Gasteiger partial charge in [0.05, 0.1) is 6.21 Å². The predicted molar refractivity (Wildman–Crippen MR) is 106 cm³/mol. The monoisotopic (exact) mass is 497 g/mol. The highest BCUT2D eigenvalue weighted by atomic mass is 127. The molecular formula is C17H13BrIN3O2. The van der Waals surface area contributed by atoms with Crippen molar-refractivity contribution in [1.82, 2.24) is 10.4 Å². The average Bonchev–Trinajstić information content (AvgIpc) is 2.97. The number of hydrogen-bond donors (Lipinski definition) is 2. The second-order valence-corrected chi connectivity index (χ2v) is 7.13. The molecule has 24 heavy (non-hydrogen) atoms. The first-order valence-electron chi connectivity index (χ1n) is 7.09. The maximum atomic E-state index is 11.8. The van der Waals surface area contributed by atoms with Crippen molar-refractivity contribution in [2.24, 2.45) is 5.10 Å². The summed E-state index contributed by atoms with van der Waals surface area (Å²) in [6, 6.07) is 13.4. The zero-order valence-electron chi connectivity index (χ0n) is 12.4. The summed E-state index contributed by atoms with van der Waals surface area (Å²) in [5, 5.41) is 5.00. The van der Waals surface area contributed by atoms with Gasteiger partial charge < -0.3 is 9.72 Å². The van der Waals surface area contributed by atoms with Gasteiger partial charge in [0.25, 0.3) is 5.91 Å². The van der Waals surface area contributed by atoms with E-state index in [1.165, 1.54) is 0 Å². The third-order valence-electron chi connectivity index (χ3n) is 3.25. The Morgan fingerprint density at radius 2 is 2.08 bits per heavy atom. The highest BCUT2D eigenvalue weighted by Crippen LogP contribution is 2.21. The van der Waals surface area contributed by atoms with Gasteiger partial charge in [-0.05, 0) is 65.1 Å². The van der Waals surface area contributed by atoms with Crippen LogP contribution in [0.4, 0.5) is 0 Å². The third-order valence-corrected chi connectivity index (χ3v) is 4.46. The molecule has 3 aromatic rings. The molecule has 1 heterocycles. The first kappa shape index (κ1) is 17.0. The number of aromatic nitrogens is 1. The van der Waals surface area contributed by atoms with Gasteiger partial charge in [0, 0.05) is 30.7 Å². The molecule has 5 nitrogen and oxygen atoms in total. The van der Waals surface area contributed by atoms with Crippen LogP contribution in [0.3, 0.4) is 0 Å². The van der Waals surface area contributed by atoms with Gasteiger partial charge in [-0.1, -0.05) is 15.9 Å². The molecule has 0 aliphatic carbocycles. The van der Waals surface area contributed by atoms with Crippen LogP contribution >= 0.6 is 38.5 Å². The van der Waals surface area contributed by atoms with Crippen LogP contribution in [0.25, 0.3) is 10.9 Å². The van der Waals surface area contributed by atoms with Crippen molar-refractivity contribution >= 4 is 61.5 Å². The molecule has 7 heteroatoms. The van der Waals surface area contributed by atoms with Crippen molar-refractivity contribution in [2.75, 3.05) is 6.61 Å². The molecule has 0 spiro atoms. The molecule has 0 fully saturated rings. The maximum absolute atomic E-state index is 11.8. The quantitative estimate of drug-likeness (QED) is 0.317. The zero-order chi connectivity index (χ0) is 16.9. The lowest BCUT2D eigenvalue weighted by molar-refractivity contribution is -0.123. The number of carbonyl (C=O) groups excluding carboxylic acids is 1. The minimum atomic E-state index is -0.314. The highest BCUT2D eigenvalue weighted by molar-refractivity contribution is 14.1. The SMILES string of the molecule is O=C(COc1ccc(I)cc1)NN=Cc1c[nH]c2ccc(Br)cc12. The van der Waals surface area contributed by atoms with Gasteiger partial charge in [0.15, 0.2) is 6.61 Å². The number of hydrogen-bond acceptors (Lipinski definition) is 3. The Bertz CT molecular complexity index is 890. The van der Waals surface area contributed by atoms with E-state index in [9.17, 15) is 4.79 Å². The molecule has 0 saturated carbocycles. The Hall–Kier alpha value is -1.87. The average molecular weight is 498 g/mol. The van der Waals surface area contributed by atoms with Gasteiger partial charge in [0.1, 0.15) is 5.75 Å². The minimum Gasteiger partial charge on any atom is -0.484 e. The van der Waals surface area contributed by atoms with E-state index < -0.39 is 0 Å². The summed E-state index contributed by atoms with van der Waals surface area (Å²) in [5.41, 5.74) is 4.36. The molecule has 3 rings (SSSR count). The lowest BCUT2D eigenvalue weighted by atomic mass is 10.2. The molecule has 2 aromatic carbocycles. The zero-order valence-corrected chi connectivity index (χ0v) is 16.2. The fraction of sp³-hybridized carbons (Fsp3) is 0.0588. The largest absolute Gasteiger partial charge is 0.484 e. The molecular weight excluding hydrogens is 485 g/mol. The highest BCUT2D eigenvalue weighted by Gasteiger charge is 2.03. The number of nitrogens with zero attached hydrogens (tertiary/aromatic N) is 1. The van der Waals surface area contributed by atoms with Gasteiger partial charge in [-0.25, -0.2) is 5.43 Å². The summed E-state index contributed by atoms with van der Waals surface area (Å²) in [5.74, 6) is 0.335. The number of rotatable bonds is 5. The van der Waals surface area contributed by atoms with Gasteiger partial charge in [0.2, 0.25) is 0 Å². The van der Waals surface area contributed by atoms with Gasteiger partial charge in [-0.15, -0.1) is 0 Å². The molecule has 0 unspecified atom stereocenters. The Balaban J connectivity index is 1.56. The van der Waals surface area contributed by atoms with E-state index >= 15 is 0 Å². The second-order valence-electron chi connectivity index (χ2n) is 4.97. The second kappa shape index (κ2) is 7.80. The summed E-state index contributed by atoms with van der Waals surface area (Å²) >= 11 is 5.65. The van der Waals surface area contributed by atoms with Crippen molar-refractivity contribution in [3.8, 4) is 5.75 Å². The van der Waals surface area contributed by atoms with Crippen LogP contribution in [0.1, 0.15) is 5.56 Å². The fourth-order valence-corrected chi connectivity index (χ4v) is 2.83. The lowest BCUT2D eigenvalue weighted by Crippen LogP contribution is -2.24. The standard InChI is InChI=1S/C17H13BrIN3O2/c18-12-1-6-16-15(7-12)11(8-20-16)9-21-22-17(23)10-24-14-4-2-13(19)3-5-14/h1-9,20H,10H2,(H,22,23). The van der Waals surface area contributed by atoms with Crippen LogP contribution in [0.2, 0.25) is 0 Å². The van der Waals surface area contributed by atoms with E-state index in [0.29, 0.717) is 5.75 Å². The van der Waals surface area contributed by atoms with E-state index in [-0.39, 0.29) is 12.5 Å². The number of nitrogens with one attached hydrogen (secondary N) is 2. The maximum Gasteiger partial charge on any atom is 0.277 e. The summed E-state index contributed by atoms with van der Waals surface area (Å²) < 4.78 is 7.49. The summed E-state index contributed by atoms with van der Waals surface area (Å²) in [6.45, 7) is -0.0859. The van der Waals surface area contributed by atoms with Crippen LogP contribution in [-0.2, 0) is 4.79 Å². The summed E-state index contributed by atoms with van der Waals surface area (Å²) in [6.07, 6.45) is 3.45. The molecule has 2 N–H and O–H groups in total. The van der Waals surface area contributed by atoms with Crippen LogP contribution in [-0.4, -0.2) is 23.7 Å². The number of benzene rings is 2. The predicted octanol–water partition coefficient (Wildman–Crippen LogP) is 4.06. The van der Waals surface area contributed by atoms with Crippen molar-refractivity contribution in [2.45, 2.75) is 0 Å². The molecule has 0 aliphatic rings. The molecule has 0 bridgehead atoms. The first-order chi connectivity index (χ1) is 11.6. The molecule has 122 valence electrons. The summed E-state index contributed by atoms with van der Waals surface area (Å²) in [4.78, 5) is 14.9. The number of aromatic amines is 1. The molecule has 1 aromatic heterocycles. The molecule has 0 aliphatic heterocycles. The minimum absolute atomic E-state index is 0.0859. The number of ether oxygens (including phenoxy) is 1. The van der Waals surface area contributed by atoms with Gasteiger partial charge in [-0.3, -0.25) is 4.79 Å². The summed E-state index contributed by atoms with van der Waals surface area (Å²) in [7, 11) is 0. The van der Waals surface area contributed by atoms with E-state index in [1.807, 2.05) is 48.7 Å². The topological polar surface area (TPSA) is 66.5 Å². The molecule has 0 saturated heterocycles. The Kier molecular flexibility index (Phi) is 5.52. The van der Waals surface area contributed by atoms with Crippen molar-refractivity contribution < 1.29 is 9.53 Å². The Morgan fingerprint density at radius 1 is 1.29 bits per heavy atom. The fourth-order valence-electron chi connectivity index (χ4n) is 2.11. The van der Waals surface area contributed by atoms with Crippen LogP contribution in [0, 0.1) is 3.57 Å². The van der Waals surface area contributed by atoms with Crippen LogP contribution in [0.15, 0.2) is 58.2 Å². The van der Waals surface area contributed by atoms with E-state index in [0.717, 1.165) is 24.5 Å². The van der Waals surface area contributed by atoms with Crippen molar-refractivity contribution in [3.05, 3.63) is 62.3 Å². The van der Waals surface area contributed by atoms with Gasteiger partial charge in [-0.2, -0.15) is 5.10 Å². The molecule has 0 atom stereocenters. The Morgan fingerprint density at radius 3 is 2.88 bits per heavy atom. The van der Waals surface area contributed by atoms with E-state index in [2.05, 4.69) is 54.0 Å². The van der Waals surface area contributed by atoms with Crippen LogP contribution < -0.4 is 10.2 Å². The number of halogens is 2. The number of hydrazone groups is 1. The normalized spacial score (nSPS) is 11.1. The van der Waals surface area contributed by atoms with Crippen molar-refractivity contribution in [3.63, 3.8) is 0 Å². The number of fused-ring (bicyclic) bond motifs is 1. The first-order valence-corrected chi connectivity index (χ1v) is 8.96. The molecule has 1 amide bonds. The van der Waals surface area contributed by atoms with Crippen LogP contribution in [0.5, 0.6) is 5.75 Å². The number of H-pyrrole nitrogens is 1.